The molecular formula is C23H24FN3O3. The number of nitrogens with one attached hydrogen (secondary N) is 1. The van der Waals surface area contributed by atoms with Crippen molar-refractivity contribution in [2.24, 2.45) is 0 Å². The lowest BCUT2D eigenvalue weighted by Crippen LogP contribution is -2.29. The topological polar surface area (TPSA) is 69.7 Å². The van der Waals surface area contributed by atoms with E-state index in [2.05, 4.69) is 10.2 Å². The summed E-state index contributed by atoms with van der Waals surface area (Å²) < 4.78 is 13.1. The molecule has 2 aromatic rings. The minimum absolute atomic E-state index is 0.0602. The minimum Gasteiger partial charge on any atom is -0.352 e. The van der Waals surface area contributed by atoms with Gasteiger partial charge in [-0.2, -0.15) is 0 Å². The summed E-state index contributed by atoms with van der Waals surface area (Å²) in [5.41, 5.74) is 1.53. The number of hydrogen-bond acceptors (Lipinski definition) is 4. The number of carbonyl (C=O) groups is 3. The largest absolute Gasteiger partial charge is 0.352 e. The van der Waals surface area contributed by atoms with Gasteiger partial charge in [-0.3, -0.25) is 19.3 Å². The molecule has 2 aliphatic rings. The molecule has 156 valence electrons. The molecule has 0 aromatic heterocycles. The van der Waals surface area contributed by atoms with E-state index < -0.39 is 11.8 Å². The van der Waals surface area contributed by atoms with Gasteiger partial charge in [-0.05, 0) is 74.8 Å². The van der Waals surface area contributed by atoms with E-state index in [1.807, 2.05) is 0 Å². The highest BCUT2D eigenvalue weighted by atomic mass is 19.1. The van der Waals surface area contributed by atoms with Crippen molar-refractivity contribution in [3.05, 3.63) is 70.5 Å². The summed E-state index contributed by atoms with van der Waals surface area (Å²) in [7, 11) is 0. The normalized spacial score (nSPS) is 16.2. The highest BCUT2D eigenvalue weighted by Crippen LogP contribution is 2.25. The third-order valence-electron chi connectivity index (χ3n) is 5.62. The highest BCUT2D eigenvalue weighted by molar-refractivity contribution is 6.22. The zero-order valence-electron chi connectivity index (χ0n) is 16.7. The zero-order valence-corrected chi connectivity index (χ0v) is 16.7. The number of halogens is 1. The number of nitrogens with zero attached hydrogens (tertiary/aromatic N) is 2. The Balaban J connectivity index is 1.38. The molecular weight excluding hydrogens is 385 g/mol. The second-order valence-electron chi connectivity index (χ2n) is 7.74. The summed E-state index contributed by atoms with van der Waals surface area (Å²) in [4.78, 5) is 41.4. The lowest BCUT2D eigenvalue weighted by Gasteiger charge is -2.14. The van der Waals surface area contributed by atoms with Crippen LogP contribution < -0.4 is 5.32 Å². The number of hydrogen-bond donors (Lipinski definition) is 1. The molecule has 2 heterocycles. The van der Waals surface area contributed by atoms with Crippen molar-refractivity contribution < 1.29 is 18.8 Å². The van der Waals surface area contributed by atoms with Gasteiger partial charge in [0.25, 0.3) is 17.7 Å². The molecule has 2 aliphatic heterocycles. The second-order valence-corrected chi connectivity index (χ2v) is 7.74. The van der Waals surface area contributed by atoms with Gasteiger partial charge in [-0.25, -0.2) is 4.39 Å². The van der Waals surface area contributed by atoms with Crippen molar-refractivity contribution in [2.75, 3.05) is 26.2 Å². The monoisotopic (exact) mass is 409 g/mol. The summed E-state index contributed by atoms with van der Waals surface area (Å²) in [6.45, 7) is 3.85. The second kappa shape index (κ2) is 8.75. The molecule has 2 aromatic carbocycles. The Morgan fingerprint density at radius 3 is 2.40 bits per heavy atom. The maximum Gasteiger partial charge on any atom is 0.261 e. The molecule has 0 spiro atoms. The lowest BCUT2D eigenvalue weighted by atomic mass is 10.1. The van der Waals surface area contributed by atoms with Crippen LogP contribution in [0, 0.1) is 5.82 Å². The minimum atomic E-state index is -0.442. The maximum absolute atomic E-state index is 13.1. The smallest absolute Gasteiger partial charge is 0.261 e. The van der Waals surface area contributed by atoms with Crippen LogP contribution in [0.5, 0.6) is 0 Å². The van der Waals surface area contributed by atoms with Crippen LogP contribution in [0.15, 0.2) is 42.5 Å². The van der Waals surface area contributed by atoms with Gasteiger partial charge in [0.2, 0.25) is 0 Å². The van der Waals surface area contributed by atoms with Crippen LogP contribution in [0.25, 0.3) is 0 Å². The average Bonchev–Trinajstić information content (AvgIpc) is 3.35. The third kappa shape index (κ3) is 4.26. The van der Waals surface area contributed by atoms with E-state index in [-0.39, 0.29) is 29.4 Å². The van der Waals surface area contributed by atoms with Crippen molar-refractivity contribution >= 4 is 17.7 Å². The highest BCUT2D eigenvalue weighted by Gasteiger charge is 2.36. The summed E-state index contributed by atoms with van der Waals surface area (Å²) in [5, 5.41) is 2.89. The number of benzene rings is 2. The molecule has 1 saturated heterocycles. The molecule has 0 unspecified atom stereocenters. The molecule has 4 rings (SSSR count). The van der Waals surface area contributed by atoms with Crippen molar-refractivity contribution in [3.8, 4) is 0 Å². The van der Waals surface area contributed by atoms with E-state index in [0.717, 1.165) is 31.0 Å². The van der Waals surface area contributed by atoms with Crippen LogP contribution in [-0.4, -0.2) is 53.7 Å². The summed E-state index contributed by atoms with van der Waals surface area (Å²) in [6, 6.07) is 10.2. The van der Waals surface area contributed by atoms with Gasteiger partial charge in [0.1, 0.15) is 5.82 Å². The van der Waals surface area contributed by atoms with Gasteiger partial charge in [0.05, 0.1) is 17.7 Å². The van der Waals surface area contributed by atoms with Crippen LogP contribution in [0.1, 0.15) is 55.9 Å². The van der Waals surface area contributed by atoms with Crippen molar-refractivity contribution in [1.82, 2.24) is 15.1 Å². The molecule has 0 atom stereocenters. The number of carbonyl (C=O) groups excluding carboxylic acids is 3. The van der Waals surface area contributed by atoms with Crippen LogP contribution in [-0.2, 0) is 6.54 Å². The van der Waals surface area contributed by atoms with Crippen LogP contribution in [0.3, 0.4) is 0 Å². The van der Waals surface area contributed by atoms with Gasteiger partial charge in [0.15, 0.2) is 0 Å². The molecule has 6 nitrogen and oxygen atoms in total. The Kier molecular flexibility index (Phi) is 5.90. The van der Waals surface area contributed by atoms with Crippen molar-refractivity contribution in [1.29, 1.82) is 0 Å². The fourth-order valence-electron chi connectivity index (χ4n) is 3.96. The molecule has 0 radical (unpaired) electrons. The van der Waals surface area contributed by atoms with E-state index in [4.69, 9.17) is 0 Å². The summed E-state index contributed by atoms with van der Waals surface area (Å²) in [5.74, 6) is -1.48. The molecule has 1 fully saturated rings. The molecule has 0 saturated carbocycles. The van der Waals surface area contributed by atoms with Gasteiger partial charge in [-0.1, -0.05) is 12.1 Å². The Bertz CT molecular complexity index is 968. The van der Waals surface area contributed by atoms with E-state index in [1.165, 1.54) is 37.1 Å². The first-order valence-corrected chi connectivity index (χ1v) is 10.3. The van der Waals surface area contributed by atoms with Gasteiger partial charge in [0, 0.05) is 12.1 Å². The number of likely N-dealkylation sites (tertiary alicyclic amines) is 1. The molecule has 3 amide bonds. The Morgan fingerprint density at radius 2 is 1.67 bits per heavy atom. The van der Waals surface area contributed by atoms with E-state index in [1.54, 1.807) is 18.2 Å². The molecule has 7 heteroatoms. The Labute approximate surface area is 174 Å². The van der Waals surface area contributed by atoms with Gasteiger partial charge >= 0.3 is 0 Å². The van der Waals surface area contributed by atoms with Crippen LogP contribution >= 0.6 is 0 Å². The van der Waals surface area contributed by atoms with Crippen molar-refractivity contribution in [2.45, 2.75) is 25.8 Å². The van der Waals surface area contributed by atoms with Crippen molar-refractivity contribution in [3.63, 3.8) is 0 Å². The number of fused-ring (bicyclic) bond motifs is 1. The first-order chi connectivity index (χ1) is 14.5. The predicted molar refractivity (Wildman–Crippen MR) is 110 cm³/mol. The number of imide groups is 1. The fraction of sp³-hybridized carbons (Fsp3) is 0.348. The van der Waals surface area contributed by atoms with Crippen LogP contribution in [0.2, 0.25) is 0 Å². The standard InChI is InChI=1S/C23H24FN3O3/c24-18-7-4-16(5-8-18)15-27-22(29)19-9-6-17(14-20(19)23(27)30)21(28)25-10-3-13-26-11-1-2-12-26/h4-9,14H,1-3,10-13,15H2,(H,25,28). The summed E-state index contributed by atoms with van der Waals surface area (Å²) in [6.07, 6.45) is 3.36. The SMILES string of the molecule is O=C(NCCCN1CCCC1)c1ccc2c(c1)C(=O)N(Cc1ccc(F)cc1)C2=O. The molecule has 0 bridgehead atoms. The van der Waals surface area contributed by atoms with E-state index in [9.17, 15) is 18.8 Å². The van der Waals surface area contributed by atoms with E-state index in [0.29, 0.717) is 17.7 Å². The van der Waals surface area contributed by atoms with Gasteiger partial charge < -0.3 is 10.2 Å². The number of rotatable bonds is 7. The average molecular weight is 409 g/mol. The zero-order chi connectivity index (χ0) is 21.1. The first-order valence-electron chi connectivity index (χ1n) is 10.3. The third-order valence-corrected chi connectivity index (χ3v) is 5.62. The maximum atomic E-state index is 13.1. The quantitative estimate of drug-likeness (QED) is 0.564. The van der Waals surface area contributed by atoms with E-state index >= 15 is 0 Å². The number of amides is 3. The fourth-order valence-corrected chi connectivity index (χ4v) is 3.96. The molecule has 30 heavy (non-hydrogen) atoms. The Hall–Kier alpha value is -3.06. The first kappa shape index (κ1) is 20.2. The molecule has 0 aliphatic carbocycles. The summed E-state index contributed by atoms with van der Waals surface area (Å²) >= 11 is 0. The predicted octanol–water partition coefficient (Wildman–Crippen LogP) is 2.84. The van der Waals surface area contributed by atoms with Crippen LogP contribution in [0.4, 0.5) is 4.39 Å². The van der Waals surface area contributed by atoms with Gasteiger partial charge in [-0.15, -0.1) is 0 Å². The Morgan fingerprint density at radius 1 is 0.967 bits per heavy atom. The lowest BCUT2D eigenvalue weighted by molar-refractivity contribution is 0.0642. The molecule has 1 N–H and O–H groups in total.